The number of hydrogen-bond donors (Lipinski definition) is 2. The molecule has 1 amide bonds. The summed E-state index contributed by atoms with van der Waals surface area (Å²) in [4.78, 5) is 12.1. The van der Waals surface area contributed by atoms with Gasteiger partial charge in [-0.1, -0.05) is 25.0 Å². The maximum absolute atomic E-state index is 12.1. The Morgan fingerprint density at radius 1 is 1.14 bits per heavy atom. The van der Waals surface area contributed by atoms with Crippen molar-refractivity contribution >= 4 is 22.9 Å². The van der Waals surface area contributed by atoms with Crippen LogP contribution < -0.4 is 10.6 Å². The Morgan fingerprint density at radius 2 is 1.90 bits per heavy atom. The van der Waals surface area contributed by atoms with Crippen molar-refractivity contribution in [1.29, 1.82) is 0 Å². The Morgan fingerprint density at radius 3 is 2.57 bits per heavy atom. The molecule has 1 aliphatic rings. The third kappa shape index (κ3) is 3.93. The zero-order valence-electron chi connectivity index (χ0n) is 12.0. The van der Waals surface area contributed by atoms with Crippen molar-refractivity contribution in [1.82, 2.24) is 5.32 Å². The van der Waals surface area contributed by atoms with E-state index in [2.05, 4.69) is 10.6 Å². The lowest BCUT2D eigenvalue weighted by Crippen LogP contribution is -2.25. The van der Waals surface area contributed by atoms with Crippen LogP contribution >= 0.6 is 11.3 Å². The summed E-state index contributed by atoms with van der Waals surface area (Å²) in [5, 5.41) is 10.4. The van der Waals surface area contributed by atoms with E-state index < -0.39 is 0 Å². The first-order valence-corrected chi connectivity index (χ1v) is 8.41. The Labute approximate surface area is 129 Å². The second kappa shape index (κ2) is 6.87. The molecule has 1 heterocycles. The van der Waals surface area contributed by atoms with Crippen LogP contribution in [0.4, 0.5) is 5.69 Å². The van der Waals surface area contributed by atoms with Crippen molar-refractivity contribution in [3.63, 3.8) is 0 Å². The van der Waals surface area contributed by atoms with Gasteiger partial charge in [-0.15, -0.1) is 0 Å². The van der Waals surface area contributed by atoms with Gasteiger partial charge < -0.3 is 10.6 Å². The smallest absolute Gasteiger partial charge is 0.255 e. The Balaban J connectivity index is 1.54. The molecule has 3 rings (SSSR count). The third-order valence-electron chi connectivity index (χ3n) is 3.95. The highest BCUT2D eigenvalue weighted by Gasteiger charge is 2.13. The van der Waals surface area contributed by atoms with Gasteiger partial charge in [0.2, 0.25) is 0 Å². The summed E-state index contributed by atoms with van der Waals surface area (Å²) in [5.74, 6) is -0.0521. The van der Waals surface area contributed by atoms with Crippen molar-refractivity contribution in [2.45, 2.75) is 38.3 Å². The normalized spacial score (nSPS) is 15.2. The highest BCUT2D eigenvalue weighted by molar-refractivity contribution is 7.08. The topological polar surface area (TPSA) is 41.1 Å². The van der Waals surface area contributed by atoms with E-state index in [1.54, 1.807) is 11.3 Å². The zero-order chi connectivity index (χ0) is 14.5. The molecule has 21 heavy (non-hydrogen) atoms. The molecule has 1 saturated carbocycles. The number of rotatable bonds is 5. The first-order valence-electron chi connectivity index (χ1n) is 7.47. The molecule has 0 radical (unpaired) electrons. The molecule has 3 nitrogen and oxygen atoms in total. The Hall–Kier alpha value is -1.65. The van der Waals surface area contributed by atoms with Crippen molar-refractivity contribution in [2.24, 2.45) is 0 Å². The summed E-state index contributed by atoms with van der Waals surface area (Å²) in [5.41, 5.74) is 2.79. The number of anilines is 1. The molecular formula is C17H20N2OS. The monoisotopic (exact) mass is 300 g/mol. The van der Waals surface area contributed by atoms with Gasteiger partial charge >= 0.3 is 0 Å². The lowest BCUT2D eigenvalue weighted by atomic mass is 10.1. The average molecular weight is 300 g/mol. The fourth-order valence-corrected chi connectivity index (χ4v) is 3.29. The molecule has 0 bridgehead atoms. The van der Waals surface area contributed by atoms with Crippen LogP contribution in [0, 0.1) is 0 Å². The van der Waals surface area contributed by atoms with Gasteiger partial charge in [0, 0.05) is 23.5 Å². The van der Waals surface area contributed by atoms with Crippen molar-refractivity contribution in [3.8, 4) is 0 Å². The summed E-state index contributed by atoms with van der Waals surface area (Å²) in [6, 6.07) is 10.4. The molecule has 0 unspecified atom stereocenters. The fraction of sp³-hybridized carbons (Fsp3) is 0.353. The van der Waals surface area contributed by atoms with E-state index in [9.17, 15) is 4.79 Å². The summed E-state index contributed by atoms with van der Waals surface area (Å²) < 4.78 is 0. The van der Waals surface area contributed by atoms with E-state index >= 15 is 0 Å². The quantitative estimate of drug-likeness (QED) is 0.875. The highest BCUT2D eigenvalue weighted by Crippen LogP contribution is 2.18. The summed E-state index contributed by atoms with van der Waals surface area (Å²) in [6.45, 7) is 0.886. The van der Waals surface area contributed by atoms with Crippen molar-refractivity contribution in [3.05, 3.63) is 52.2 Å². The van der Waals surface area contributed by atoms with Crippen LogP contribution in [0.15, 0.2) is 41.1 Å². The van der Waals surface area contributed by atoms with Gasteiger partial charge in [0.1, 0.15) is 0 Å². The SMILES string of the molecule is O=C(Nc1ccsc1)c1ccc(CNC2CCCC2)cc1. The van der Waals surface area contributed by atoms with Crippen LogP contribution in [0.2, 0.25) is 0 Å². The molecule has 0 spiro atoms. The number of benzene rings is 1. The van der Waals surface area contributed by atoms with Gasteiger partial charge in [-0.2, -0.15) is 11.3 Å². The largest absolute Gasteiger partial charge is 0.321 e. The maximum atomic E-state index is 12.1. The number of carbonyl (C=O) groups is 1. The van der Waals surface area contributed by atoms with Gasteiger partial charge in [-0.3, -0.25) is 4.79 Å². The minimum atomic E-state index is -0.0521. The molecule has 0 atom stereocenters. The number of amides is 1. The highest BCUT2D eigenvalue weighted by atomic mass is 32.1. The average Bonchev–Trinajstić information content (AvgIpc) is 3.19. The molecule has 1 aromatic heterocycles. The van der Waals surface area contributed by atoms with Gasteiger partial charge in [0.25, 0.3) is 5.91 Å². The molecule has 1 aliphatic carbocycles. The minimum Gasteiger partial charge on any atom is -0.321 e. The van der Waals surface area contributed by atoms with Crippen LogP contribution in [0.5, 0.6) is 0 Å². The number of thiophene rings is 1. The van der Waals surface area contributed by atoms with Crippen LogP contribution in [-0.2, 0) is 6.54 Å². The third-order valence-corrected chi connectivity index (χ3v) is 4.63. The Kier molecular flexibility index (Phi) is 4.68. The van der Waals surface area contributed by atoms with Crippen LogP contribution in [-0.4, -0.2) is 11.9 Å². The van der Waals surface area contributed by atoms with Crippen molar-refractivity contribution in [2.75, 3.05) is 5.32 Å². The molecule has 110 valence electrons. The molecular weight excluding hydrogens is 280 g/mol. The first kappa shape index (κ1) is 14.3. The van der Waals surface area contributed by atoms with Gasteiger partial charge in [0.05, 0.1) is 5.69 Å². The molecule has 4 heteroatoms. The Bertz CT molecular complexity index is 571. The first-order chi connectivity index (χ1) is 10.3. The molecule has 0 saturated heterocycles. The second-order valence-electron chi connectivity index (χ2n) is 5.53. The summed E-state index contributed by atoms with van der Waals surface area (Å²) >= 11 is 1.57. The van der Waals surface area contributed by atoms with E-state index in [0.29, 0.717) is 11.6 Å². The lowest BCUT2D eigenvalue weighted by molar-refractivity contribution is 0.102. The van der Waals surface area contributed by atoms with E-state index in [1.807, 2.05) is 41.1 Å². The summed E-state index contributed by atoms with van der Waals surface area (Å²) in [6.07, 6.45) is 5.28. The molecule has 2 aromatic rings. The van der Waals surface area contributed by atoms with Gasteiger partial charge in [0.15, 0.2) is 0 Å². The van der Waals surface area contributed by atoms with Gasteiger partial charge in [-0.05, 0) is 42.0 Å². The fourth-order valence-electron chi connectivity index (χ4n) is 2.70. The van der Waals surface area contributed by atoms with Crippen LogP contribution in [0.3, 0.4) is 0 Å². The minimum absolute atomic E-state index is 0.0521. The van der Waals surface area contributed by atoms with E-state index in [0.717, 1.165) is 12.2 Å². The maximum Gasteiger partial charge on any atom is 0.255 e. The second-order valence-corrected chi connectivity index (χ2v) is 6.31. The summed E-state index contributed by atoms with van der Waals surface area (Å²) in [7, 11) is 0. The molecule has 1 aromatic carbocycles. The molecule has 1 fully saturated rings. The lowest BCUT2D eigenvalue weighted by Gasteiger charge is -2.12. The molecule has 0 aliphatic heterocycles. The number of nitrogens with one attached hydrogen (secondary N) is 2. The van der Waals surface area contributed by atoms with Crippen LogP contribution in [0.1, 0.15) is 41.6 Å². The van der Waals surface area contributed by atoms with E-state index in [-0.39, 0.29) is 5.91 Å². The van der Waals surface area contributed by atoms with E-state index in [1.165, 1.54) is 31.2 Å². The predicted molar refractivity (Wildman–Crippen MR) is 87.8 cm³/mol. The van der Waals surface area contributed by atoms with E-state index in [4.69, 9.17) is 0 Å². The number of carbonyl (C=O) groups excluding carboxylic acids is 1. The standard InChI is InChI=1S/C17H20N2OS/c20-17(19-16-9-10-21-12-16)14-7-5-13(6-8-14)11-18-15-3-1-2-4-15/h5-10,12,15,18H,1-4,11H2,(H,19,20). The van der Waals surface area contributed by atoms with Gasteiger partial charge in [-0.25, -0.2) is 0 Å². The molecule has 2 N–H and O–H groups in total. The van der Waals surface area contributed by atoms with Crippen LogP contribution in [0.25, 0.3) is 0 Å². The zero-order valence-corrected chi connectivity index (χ0v) is 12.8. The number of hydrogen-bond acceptors (Lipinski definition) is 3. The van der Waals surface area contributed by atoms with Crippen molar-refractivity contribution < 1.29 is 4.79 Å². The predicted octanol–water partition coefficient (Wildman–Crippen LogP) is 4.03.